The molecule has 2 heterocycles. The fourth-order valence-corrected chi connectivity index (χ4v) is 2.55. The van der Waals surface area contributed by atoms with Gasteiger partial charge in [-0.2, -0.15) is 0 Å². The van der Waals surface area contributed by atoms with Gasteiger partial charge in [-0.05, 0) is 47.3 Å². The van der Waals surface area contributed by atoms with Crippen LogP contribution < -0.4 is 5.32 Å². The SMILES string of the molecule is CCCC(=O)N1CCC(Nc2ccc(Br)cn2)CC1. The number of hydrogen-bond donors (Lipinski definition) is 1. The Balaban J connectivity index is 1.80. The molecule has 1 aliphatic rings. The highest BCUT2D eigenvalue weighted by Gasteiger charge is 2.22. The van der Waals surface area contributed by atoms with Crippen LogP contribution >= 0.6 is 15.9 Å². The number of anilines is 1. The Bertz CT molecular complexity index is 413. The van der Waals surface area contributed by atoms with E-state index in [4.69, 9.17) is 0 Å². The molecule has 1 fully saturated rings. The molecule has 1 aromatic heterocycles. The molecule has 0 atom stereocenters. The van der Waals surface area contributed by atoms with Crippen molar-refractivity contribution in [1.82, 2.24) is 9.88 Å². The molecule has 0 bridgehead atoms. The first-order valence-electron chi connectivity index (χ1n) is 6.85. The molecular weight excluding hydrogens is 306 g/mol. The van der Waals surface area contributed by atoms with Crippen LogP contribution in [0.25, 0.3) is 0 Å². The summed E-state index contributed by atoms with van der Waals surface area (Å²) < 4.78 is 0.984. The van der Waals surface area contributed by atoms with Gasteiger partial charge in [0, 0.05) is 36.2 Å². The van der Waals surface area contributed by atoms with Gasteiger partial charge in [0.05, 0.1) is 0 Å². The predicted octanol–water partition coefficient (Wildman–Crippen LogP) is 3.05. The zero-order chi connectivity index (χ0) is 13.7. The van der Waals surface area contributed by atoms with Crippen LogP contribution in [0.3, 0.4) is 0 Å². The van der Waals surface area contributed by atoms with E-state index in [1.165, 1.54) is 0 Å². The number of likely N-dealkylation sites (tertiary alicyclic amines) is 1. The second-order valence-corrected chi connectivity index (χ2v) is 5.83. The topological polar surface area (TPSA) is 45.2 Å². The maximum absolute atomic E-state index is 11.8. The molecule has 104 valence electrons. The van der Waals surface area contributed by atoms with Gasteiger partial charge in [0.2, 0.25) is 5.91 Å². The van der Waals surface area contributed by atoms with Crippen LogP contribution in [0.4, 0.5) is 5.82 Å². The number of amides is 1. The smallest absolute Gasteiger partial charge is 0.222 e. The minimum atomic E-state index is 0.294. The lowest BCUT2D eigenvalue weighted by Crippen LogP contribution is -2.42. The number of nitrogens with zero attached hydrogens (tertiary/aromatic N) is 2. The van der Waals surface area contributed by atoms with Crippen molar-refractivity contribution in [2.45, 2.75) is 38.6 Å². The predicted molar refractivity (Wildman–Crippen MR) is 80.1 cm³/mol. The summed E-state index contributed by atoms with van der Waals surface area (Å²) in [6.45, 7) is 3.76. The minimum absolute atomic E-state index is 0.294. The summed E-state index contributed by atoms with van der Waals surface area (Å²) in [6, 6.07) is 4.37. The minimum Gasteiger partial charge on any atom is -0.367 e. The lowest BCUT2D eigenvalue weighted by Gasteiger charge is -2.32. The van der Waals surface area contributed by atoms with Crippen molar-refractivity contribution in [1.29, 1.82) is 0 Å². The van der Waals surface area contributed by atoms with E-state index in [0.29, 0.717) is 18.4 Å². The Hall–Kier alpha value is -1.10. The Kier molecular flexibility index (Phi) is 5.19. The zero-order valence-electron chi connectivity index (χ0n) is 11.2. The Morgan fingerprint density at radius 3 is 2.79 bits per heavy atom. The summed E-state index contributed by atoms with van der Waals surface area (Å²) in [5.74, 6) is 1.20. The molecule has 2 rings (SSSR count). The number of pyridine rings is 1. The van der Waals surface area contributed by atoms with Gasteiger partial charge in [-0.1, -0.05) is 6.92 Å². The molecule has 1 amide bonds. The zero-order valence-corrected chi connectivity index (χ0v) is 12.8. The van der Waals surface area contributed by atoms with Gasteiger partial charge in [0.15, 0.2) is 0 Å². The fraction of sp³-hybridized carbons (Fsp3) is 0.571. The fourth-order valence-electron chi connectivity index (χ4n) is 2.32. The largest absolute Gasteiger partial charge is 0.367 e. The summed E-state index contributed by atoms with van der Waals surface area (Å²) in [6.07, 6.45) is 5.38. The molecule has 5 heteroatoms. The van der Waals surface area contributed by atoms with E-state index in [9.17, 15) is 4.79 Å². The Morgan fingerprint density at radius 2 is 2.21 bits per heavy atom. The Morgan fingerprint density at radius 1 is 1.47 bits per heavy atom. The van der Waals surface area contributed by atoms with E-state index < -0.39 is 0 Å². The quantitative estimate of drug-likeness (QED) is 0.925. The monoisotopic (exact) mass is 325 g/mol. The molecular formula is C14H20BrN3O. The van der Waals surface area contributed by atoms with Crippen molar-refractivity contribution in [3.05, 3.63) is 22.8 Å². The van der Waals surface area contributed by atoms with E-state index >= 15 is 0 Å². The normalized spacial score (nSPS) is 16.4. The van der Waals surface area contributed by atoms with E-state index in [-0.39, 0.29) is 0 Å². The molecule has 1 N–H and O–H groups in total. The van der Waals surface area contributed by atoms with Gasteiger partial charge in [0.1, 0.15) is 5.82 Å². The van der Waals surface area contributed by atoms with Crippen molar-refractivity contribution in [3.8, 4) is 0 Å². The third-order valence-corrected chi connectivity index (χ3v) is 3.86. The van der Waals surface area contributed by atoms with E-state index in [0.717, 1.165) is 42.6 Å². The van der Waals surface area contributed by atoms with Crippen molar-refractivity contribution >= 4 is 27.7 Å². The summed E-state index contributed by atoms with van der Waals surface area (Å²) in [4.78, 5) is 18.1. The van der Waals surface area contributed by atoms with Gasteiger partial charge in [-0.3, -0.25) is 4.79 Å². The number of carbonyl (C=O) groups is 1. The summed E-state index contributed by atoms with van der Waals surface area (Å²) in [5, 5.41) is 3.43. The van der Waals surface area contributed by atoms with Crippen LogP contribution in [0, 0.1) is 0 Å². The number of hydrogen-bond acceptors (Lipinski definition) is 3. The first-order valence-corrected chi connectivity index (χ1v) is 7.64. The molecule has 4 nitrogen and oxygen atoms in total. The second-order valence-electron chi connectivity index (χ2n) is 4.91. The van der Waals surface area contributed by atoms with Crippen LogP contribution in [0.2, 0.25) is 0 Å². The molecule has 0 unspecified atom stereocenters. The maximum atomic E-state index is 11.8. The second kappa shape index (κ2) is 6.89. The van der Waals surface area contributed by atoms with Crippen molar-refractivity contribution < 1.29 is 4.79 Å². The highest BCUT2D eigenvalue weighted by molar-refractivity contribution is 9.10. The van der Waals surface area contributed by atoms with Gasteiger partial charge in [-0.15, -0.1) is 0 Å². The summed E-state index contributed by atoms with van der Waals surface area (Å²) in [7, 11) is 0. The van der Waals surface area contributed by atoms with Crippen LogP contribution in [0.15, 0.2) is 22.8 Å². The molecule has 1 saturated heterocycles. The van der Waals surface area contributed by atoms with Crippen LogP contribution in [0.1, 0.15) is 32.6 Å². The van der Waals surface area contributed by atoms with Gasteiger partial charge < -0.3 is 10.2 Å². The molecule has 0 radical (unpaired) electrons. The van der Waals surface area contributed by atoms with Crippen molar-refractivity contribution in [2.75, 3.05) is 18.4 Å². The van der Waals surface area contributed by atoms with Crippen molar-refractivity contribution in [2.24, 2.45) is 0 Å². The molecule has 1 aromatic rings. The standard InChI is InChI=1S/C14H20BrN3O/c1-2-3-14(19)18-8-6-12(7-9-18)17-13-5-4-11(15)10-16-13/h4-5,10,12H,2-3,6-9H2,1H3,(H,16,17). The van der Waals surface area contributed by atoms with E-state index in [1.54, 1.807) is 6.20 Å². The molecule has 0 aliphatic carbocycles. The summed E-state index contributed by atoms with van der Waals surface area (Å²) >= 11 is 3.37. The average Bonchev–Trinajstić information content (AvgIpc) is 2.42. The van der Waals surface area contributed by atoms with Crippen molar-refractivity contribution in [3.63, 3.8) is 0 Å². The lowest BCUT2D eigenvalue weighted by molar-refractivity contribution is -0.132. The van der Waals surface area contributed by atoms with Gasteiger partial charge >= 0.3 is 0 Å². The first kappa shape index (κ1) is 14.3. The Labute approximate surface area is 122 Å². The molecule has 0 spiro atoms. The average molecular weight is 326 g/mol. The van der Waals surface area contributed by atoms with Crippen LogP contribution in [0.5, 0.6) is 0 Å². The molecule has 19 heavy (non-hydrogen) atoms. The molecule has 0 saturated carbocycles. The third kappa shape index (κ3) is 4.20. The van der Waals surface area contributed by atoms with Gasteiger partial charge in [-0.25, -0.2) is 4.98 Å². The summed E-state index contributed by atoms with van der Waals surface area (Å²) in [5.41, 5.74) is 0. The number of aromatic nitrogens is 1. The number of nitrogens with one attached hydrogen (secondary N) is 1. The third-order valence-electron chi connectivity index (χ3n) is 3.39. The van der Waals surface area contributed by atoms with Crippen LogP contribution in [-0.2, 0) is 4.79 Å². The van der Waals surface area contributed by atoms with Crippen LogP contribution in [-0.4, -0.2) is 34.9 Å². The molecule has 0 aromatic carbocycles. The van der Waals surface area contributed by atoms with E-state index in [2.05, 4.69) is 26.2 Å². The number of piperidine rings is 1. The number of carbonyl (C=O) groups excluding carboxylic acids is 1. The number of halogens is 1. The van der Waals surface area contributed by atoms with Gasteiger partial charge in [0.25, 0.3) is 0 Å². The highest BCUT2D eigenvalue weighted by Crippen LogP contribution is 2.17. The van der Waals surface area contributed by atoms with E-state index in [1.807, 2.05) is 24.0 Å². The lowest BCUT2D eigenvalue weighted by atomic mass is 10.0. The molecule has 1 aliphatic heterocycles. The first-order chi connectivity index (χ1) is 9.19. The highest BCUT2D eigenvalue weighted by atomic mass is 79.9. The number of rotatable bonds is 4. The maximum Gasteiger partial charge on any atom is 0.222 e.